The number of hydrogen-bond acceptors (Lipinski definition) is 4. The number of nitrogens with one attached hydrogen (secondary N) is 1. The van der Waals surface area contributed by atoms with E-state index in [1.165, 1.54) is 0 Å². The van der Waals surface area contributed by atoms with Gasteiger partial charge in [-0.05, 0) is 25.7 Å². The van der Waals surface area contributed by atoms with Crippen LogP contribution in [0.1, 0.15) is 32.1 Å². The second-order valence-corrected chi connectivity index (χ2v) is 5.90. The normalized spacial score (nSPS) is 21.3. The monoisotopic (exact) mass is 306 g/mol. The van der Waals surface area contributed by atoms with Gasteiger partial charge in [0, 0.05) is 25.9 Å². The maximum Gasteiger partial charge on any atom is 0.244 e. The first kappa shape index (κ1) is 15.0. The number of anilines is 1. The molecule has 2 aliphatic heterocycles. The summed E-state index contributed by atoms with van der Waals surface area (Å²) in [5.41, 5.74) is 0.622. The summed E-state index contributed by atoms with van der Waals surface area (Å²) in [7, 11) is 0. The second-order valence-electron chi connectivity index (χ2n) is 5.90. The number of amides is 2. The quantitative estimate of drug-likeness (QED) is 0.881. The molecule has 0 spiro atoms. The third-order valence-corrected chi connectivity index (χ3v) is 4.11. The van der Waals surface area contributed by atoms with Crippen molar-refractivity contribution in [1.29, 1.82) is 0 Å². The average Bonchev–Trinajstić information content (AvgIpc) is 3.20. The van der Waals surface area contributed by atoms with Gasteiger partial charge in [-0.25, -0.2) is 0 Å². The second kappa shape index (κ2) is 6.91. The summed E-state index contributed by atoms with van der Waals surface area (Å²) in [5, 5.41) is 6.94. The fourth-order valence-corrected chi connectivity index (χ4v) is 2.94. The summed E-state index contributed by atoms with van der Waals surface area (Å²) in [5.74, 6) is 0.00940. The molecule has 0 aromatic carbocycles. The van der Waals surface area contributed by atoms with Gasteiger partial charge in [0.15, 0.2) is 0 Å². The molecule has 3 heterocycles. The summed E-state index contributed by atoms with van der Waals surface area (Å²) in [6.45, 7) is 2.65. The van der Waals surface area contributed by atoms with Gasteiger partial charge in [-0.15, -0.1) is 0 Å². The molecular formula is C15H22N4O3. The molecular weight excluding hydrogens is 284 g/mol. The van der Waals surface area contributed by atoms with Crippen LogP contribution in [0.15, 0.2) is 12.4 Å². The van der Waals surface area contributed by atoms with Crippen molar-refractivity contribution < 1.29 is 14.3 Å². The van der Waals surface area contributed by atoms with Crippen LogP contribution in [-0.2, 0) is 20.9 Å². The average molecular weight is 306 g/mol. The highest BCUT2D eigenvalue weighted by Gasteiger charge is 2.20. The molecule has 1 unspecified atom stereocenters. The molecule has 1 aromatic rings. The van der Waals surface area contributed by atoms with E-state index in [0.29, 0.717) is 12.1 Å². The van der Waals surface area contributed by atoms with Crippen molar-refractivity contribution >= 4 is 17.5 Å². The fourth-order valence-electron chi connectivity index (χ4n) is 2.94. The Kier molecular flexibility index (Phi) is 4.72. The molecule has 1 aromatic heterocycles. The summed E-state index contributed by atoms with van der Waals surface area (Å²) >= 11 is 0. The summed E-state index contributed by atoms with van der Waals surface area (Å²) < 4.78 is 7.02. The minimum absolute atomic E-state index is 0.0341. The Morgan fingerprint density at radius 1 is 1.32 bits per heavy atom. The fraction of sp³-hybridized carbons (Fsp3) is 0.667. The number of carbonyl (C=O) groups excluding carboxylic acids is 2. The molecule has 1 atom stereocenters. The lowest BCUT2D eigenvalue weighted by Gasteiger charge is -2.14. The summed E-state index contributed by atoms with van der Waals surface area (Å²) in [6, 6.07) is 0. The van der Waals surface area contributed by atoms with E-state index in [9.17, 15) is 9.59 Å². The third kappa shape index (κ3) is 3.85. The van der Waals surface area contributed by atoms with Gasteiger partial charge in [-0.1, -0.05) is 0 Å². The Hall–Kier alpha value is -1.89. The Balaban J connectivity index is 1.47. The first-order chi connectivity index (χ1) is 10.7. The van der Waals surface area contributed by atoms with Gasteiger partial charge in [0.2, 0.25) is 11.8 Å². The van der Waals surface area contributed by atoms with E-state index in [4.69, 9.17) is 4.74 Å². The van der Waals surface area contributed by atoms with Crippen LogP contribution in [0, 0.1) is 0 Å². The molecule has 3 rings (SSSR count). The molecule has 0 saturated carbocycles. The van der Waals surface area contributed by atoms with Gasteiger partial charge in [0.05, 0.1) is 24.4 Å². The largest absolute Gasteiger partial charge is 0.378 e. The molecule has 0 aliphatic carbocycles. The standard InChI is InChI=1S/C15H22N4O3/c20-14(8-13-4-3-7-22-13)17-12-9-16-19(10-12)11-15(21)18-5-1-2-6-18/h9-10,13H,1-8,11H2,(H,17,20). The third-order valence-electron chi connectivity index (χ3n) is 4.11. The lowest BCUT2D eigenvalue weighted by atomic mass is 10.2. The lowest BCUT2D eigenvalue weighted by molar-refractivity contribution is -0.131. The van der Waals surface area contributed by atoms with Crippen molar-refractivity contribution in [1.82, 2.24) is 14.7 Å². The van der Waals surface area contributed by atoms with Gasteiger partial charge in [0.25, 0.3) is 0 Å². The molecule has 2 amide bonds. The maximum absolute atomic E-state index is 12.0. The molecule has 0 radical (unpaired) electrons. The van der Waals surface area contributed by atoms with E-state index in [1.54, 1.807) is 17.1 Å². The minimum atomic E-state index is -0.0719. The van der Waals surface area contributed by atoms with Crippen LogP contribution in [0.3, 0.4) is 0 Å². The topological polar surface area (TPSA) is 76.5 Å². The van der Waals surface area contributed by atoms with Crippen molar-refractivity contribution in [3.05, 3.63) is 12.4 Å². The number of likely N-dealkylation sites (tertiary alicyclic amines) is 1. The predicted octanol–water partition coefficient (Wildman–Crippen LogP) is 1.01. The minimum Gasteiger partial charge on any atom is -0.378 e. The van der Waals surface area contributed by atoms with Crippen molar-refractivity contribution in [2.75, 3.05) is 25.0 Å². The SMILES string of the molecule is O=C(CC1CCCO1)Nc1cnn(CC(=O)N2CCCC2)c1. The van der Waals surface area contributed by atoms with Gasteiger partial charge >= 0.3 is 0 Å². The van der Waals surface area contributed by atoms with Crippen molar-refractivity contribution in [3.8, 4) is 0 Å². The zero-order valence-corrected chi connectivity index (χ0v) is 12.7. The number of rotatable bonds is 5. The first-order valence-electron chi connectivity index (χ1n) is 7.92. The molecule has 120 valence electrons. The summed E-state index contributed by atoms with van der Waals surface area (Å²) in [6.07, 6.45) is 7.80. The lowest BCUT2D eigenvalue weighted by Crippen LogP contribution is -2.31. The Bertz CT molecular complexity index is 531. The number of nitrogens with zero attached hydrogens (tertiary/aromatic N) is 3. The van der Waals surface area contributed by atoms with Gasteiger partial charge in [-0.2, -0.15) is 5.10 Å². The predicted molar refractivity (Wildman–Crippen MR) is 80.3 cm³/mol. The van der Waals surface area contributed by atoms with Crippen molar-refractivity contribution in [2.24, 2.45) is 0 Å². The molecule has 22 heavy (non-hydrogen) atoms. The highest BCUT2D eigenvalue weighted by molar-refractivity contribution is 5.90. The molecule has 2 aliphatic rings. The van der Waals surface area contributed by atoms with Crippen LogP contribution in [0.5, 0.6) is 0 Å². The smallest absolute Gasteiger partial charge is 0.244 e. The molecule has 2 saturated heterocycles. The van der Waals surface area contributed by atoms with Crippen LogP contribution >= 0.6 is 0 Å². The van der Waals surface area contributed by atoms with Gasteiger partial charge in [0.1, 0.15) is 6.54 Å². The zero-order valence-electron chi connectivity index (χ0n) is 12.7. The Morgan fingerprint density at radius 2 is 2.14 bits per heavy atom. The molecule has 0 bridgehead atoms. The van der Waals surface area contributed by atoms with Crippen LogP contribution in [0.25, 0.3) is 0 Å². The molecule has 7 heteroatoms. The summed E-state index contributed by atoms with van der Waals surface area (Å²) in [4.78, 5) is 25.8. The highest BCUT2D eigenvalue weighted by Crippen LogP contribution is 2.16. The highest BCUT2D eigenvalue weighted by atomic mass is 16.5. The number of carbonyl (C=O) groups is 2. The van der Waals surface area contributed by atoms with Crippen LogP contribution < -0.4 is 5.32 Å². The first-order valence-corrected chi connectivity index (χ1v) is 7.92. The molecule has 1 N–H and O–H groups in total. The van der Waals surface area contributed by atoms with E-state index in [0.717, 1.165) is 45.4 Å². The Labute approximate surface area is 129 Å². The van der Waals surface area contributed by atoms with Gasteiger partial charge < -0.3 is 15.0 Å². The Morgan fingerprint density at radius 3 is 2.86 bits per heavy atom. The van der Waals surface area contributed by atoms with E-state index in [1.807, 2.05) is 4.90 Å². The van der Waals surface area contributed by atoms with Crippen molar-refractivity contribution in [2.45, 2.75) is 44.8 Å². The van der Waals surface area contributed by atoms with Crippen molar-refractivity contribution in [3.63, 3.8) is 0 Å². The van der Waals surface area contributed by atoms with Crippen LogP contribution in [0.4, 0.5) is 5.69 Å². The molecule has 2 fully saturated rings. The van der Waals surface area contributed by atoms with Crippen LogP contribution in [-0.4, -0.2) is 52.3 Å². The van der Waals surface area contributed by atoms with E-state index >= 15 is 0 Å². The maximum atomic E-state index is 12.0. The van der Waals surface area contributed by atoms with Crippen LogP contribution in [0.2, 0.25) is 0 Å². The van der Waals surface area contributed by atoms with E-state index in [2.05, 4.69) is 10.4 Å². The molecule has 7 nitrogen and oxygen atoms in total. The van der Waals surface area contributed by atoms with E-state index < -0.39 is 0 Å². The number of hydrogen-bond donors (Lipinski definition) is 1. The van der Waals surface area contributed by atoms with E-state index in [-0.39, 0.29) is 24.5 Å². The zero-order chi connectivity index (χ0) is 15.4. The number of aromatic nitrogens is 2. The van der Waals surface area contributed by atoms with Gasteiger partial charge in [-0.3, -0.25) is 14.3 Å². The number of ether oxygens (including phenoxy) is 1.